The molecule has 11 heavy (non-hydrogen) atoms. The Morgan fingerprint density at radius 3 is 3.00 bits per heavy atom. The van der Waals surface area contributed by atoms with Crippen molar-refractivity contribution in [1.29, 1.82) is 0 Å². The lowest BCUT2D eigenvalue weighted by Crippen LogP contribution is -2.24. The van der Waals surface area contributed by atoms with Crippen LogP contribution in [0.4, 0.5) is 0 Å². The summed E-state index contributed by atoms with van der Waals surface area (Å²) in [5, 5.41) is 8.70. The lowest BCUT2D eigenvalue weighted by atomic mass is 9.99. The van der Waals surface area contributed by atoms with Crippen molar-refractivity contribution >= 4 is 0 Å². The summed E-state index contributed by atoms with van der Waals surface area (Å²) in [4.78, 5) is 0. The molecule has 0 radical (unpaired) electrons. The molecule has 0 bridgehead atoms. The van der Waals surface area contributed by atoms with E-state index in [1.807, 2.05) is 0 Å². The number of allylic oxidation sites excluding steroid dienone is 3. The summed E-state index contributed by atoms with van der Waals surface area (Å²) in [6, 6.07) is -0.0762. The quantitative estimate of drug-likeness (QED) is 0.634. The molecule has 2 nitrogen and oxygen atoms in total. The molecule has 0 aromatic heterocycles. The zero-order valence-electron chi connectivity index (χ0n) is 6.66. The molecule has 0 saturated carbocycles. The van der Waals surface area contributed by atoms with E-state index in [1.165, 1.54) is 5.57 Å². The fourth-order valence-electron chi connectivity index (χ4n) is 1.22. The van der Waals surface area contributed by atoms with Crippen LogP contribution in [0.25, 0.3) is 0 Å². The first kappa shape index (κ1) is 8.50. The predicted molar refractivity (Wildman–Crippen MR) is 46.1 cm³/mol. The molecule has 1 aliphatic rings. The maximum absolute atomic E-state index is 8.70. The average Bonchev–Trinajstić information content (AvgIpc) is 2.06. The SMILES string of the molecule is NC(CO)CC1=CC=CCC1. The van der Waals surface area contributed by atoms with E-state index in [0.29, 0.717) is 0 Å². The van der Waals surface area contributed by atoms with Gasteiger partial charge in [0.25, 0.3) is 0 Å². The highest BCUT2D eigenvalue weighted by Gasteiger charge is 2.05. The summed E-state index contributed by atoms with van der Waals surface area (Å²) in [5.74, 6) is 0. The minimum atomic E-state index is -0.0762. The maximum atomic E-state index is 8.70. The Balaban J connectivity index is 2.35. The lowest BCUT2D eigenvalue weighted by Gasteiger charge is -2.12. The van der Waals surface area contributed by atoms with Crippen LogP contribution in [0.5, 0.6) is 0 Å². The van der Waals surface area contributed by atoms with Crippen LogP contribution < -0.4 is 5.73 Å². The first-order valence-electron chi connectivity index (χ1n) is 4.04. The third-order valence-electron chi connectivity index (χ3n) is 1.86. The number of aliphatic hydroxyl groups is 1. The minimum absolute atomic E-state index is 0.0762. The van der Waals surface area contributed by atoms with Crippen LogP contribution in [0.1, 0.15) is 19.3 Å². The molecule has 0 aromatic rings. The van der Waals surface area contributed by atoms with Gasteiger partial charge in [-0.15, -0.1) is 0 Å². The Kier molecular flexibility index (Phi) is 3.33. The molecular weight excluding hydrogens is 138 g/mol. The second-order valence-electron chi connectivity index (χ2n) is 2.94. The summed E-state index contributed by atoms with van der Waals surface area (Å²) >= 11 is 0. The van der Waals surface area contributed by atoms with Crippen LogP contribution in [-0.2, 0) is 0 Å². The number of aliphatic hydroxyl groups excluding tert-OH is 1. The Labute approximate surface area is 67.4 Å². The third-order valence-corrected chi connectivity index (χ3v) is 1.86. The summed E-state index contributed by atoms with van der Waals surface area (Å²) in [6.07, 6.45) is 9.35. The lowest BCUT2D eigenvalue weighted by molar-refractivity contribution is 0.264. The molecule has 62 valence electrons. The highest BCUT2D eigenvalue weighted by molar-refractivity contribution is 5.18. The highest BCUT2D eigenvalue weighted by atomic mass is 16.3. The molecular formula is C9H15NO. The third kappa shape index (κ3) is 2.87. The summed E-state index contributed by atoms with van der Waals surface area (Å²) < 4.78 is 0. The topological polar surface area (TPSA) is 46.2 Å². The van der Waals surface area contributed by atoms with Crippen LogP contribution >= 0.6 is 0 Å². The van der Waals surface area contributed by atoms with Crippen LogP contribution in [0.3, 0.4) is 0 Å². The molecule has 0 heterocycles. The molecule has 0 aliphatic heterocycles. The summed E-state index contributed by atoms with van der Waals surface area (Å²) in [6.45, 7) is 0.0844. The zero-order chi connectivity index (χ0) is 8.10. The van der Waals surface area contributed by atoms with Gasteiger partial charge in [-0.1, -0.05) is 23.8 Å². The van der Waals surface area contributed by atoms with Crippen molar-refractivity contribution in [2.24, 2.45) is 5.73 Å². The number of nitrogens with two attached hydrogens (primary N) is 1. The normalized spacial score (nSPS) is 19.6. The van der Waals surface area contributed by atoms with E-state index in [-0.39, 0.29) is 12.6 Å². The van der Waals surface area contributed by atoms with Gasteiger partial charge in [0, 0.05) is 6.04 Å². The van der Waals surface area contributed by atoms with Gasteiger partial charge >= 0.3 is 0 Å². The van der Waals surface area contributed by atoms with Gasteiger partial charge in [0.05, 0.1) is 6.61 Å². The Hall–Kier alpha value is -0.600. The van der Waals surface area contributed by atoms with E-state index < -0.39 is 0 Å². The van der Waals surface area contributed by atoms with E-state index in [0.717, 1.165) is 19.3 Å². The number of hydrogen-bond acceptors (Lipinski definition) is 2. The molecule has 2 heteroatoms. The van der Waals surface area contributed by atoms with E-state index in [1.54, 1.807) is 0 Å². The summed E-state index contributed by atoms with van der Waals surface area (Å²) in [5.41, 5.74) is 6.94. The smallest absolute Gasteiger partial charge is 0.0585 e. The number of rotatable bonds is 3. The monoisotopic (exact) mass is 153 g/mol. The van der Waals surface area contributed by atoms with E-state index in [9.17, 15) is 0 Å². The second-order valence-corrected chi connectivity index (χ2v) is 2.94. The second kappa shape index (κ2) is 4.31. The molecule has 1 unspecified atom stereocenters. The van der Waals surface area contributed by atoms with Crippen molar-refractivity contribution in [2.75, 3.05) is 6.61 Å². The van der Waals surface area contributed by atoms with Crippen molar-refractivity contribution < 1.29 is 5.11 Å². The van der Waals surface area contributed by atoms with E-state index >= 15 is 0 Å². The minimum Gasteiger partial charge on any atom is -0.395 e. The first-order valence-corrected chi connectivity index (χ1v) is 4.04. The van der Waals surface area contributed by atoms with E-state index in [4.69, 9.17) is 10.8 Å². The van der Waals surface area contributed by atoms with Crippen molar-refractivity contribution in [3.63, 3.8) is 0 Å². The van der Waals surface area contributed by atoms with Gasteiger partial charge in [0.2, 0.25) is 0 Å². The maximum Gasteiger partial charge on any atom is 0.0585 e. The Morgan fingerprint density at radius 1 is 1.64 bits per heavy atom. The molecule has 0 saturated heterocycles. The van der Waals surface area contributed by atoms with Crippen LogP contribution in [0.2, 0.25) is 0 Å². The molecule has 0 amide bonds. The fourth-order valence-corrected chi connectivity index (χ4v) is 1.22. The van der Waals surface area contributed by atoms with Crippen LogP contribution in [-0.4, -0.2) is 17.8 Å². The Morgan fingerprint density at radius 2 is 2.45 bits per heavy atom. The van der Waals surface area contributed by atoms with Gasteiger partial charge in [-0.25, -0.2) is 0 Å². The largest absolute Gasteiger partial charge is 0.395 e. The molecule has 0 aromatic carbocycles. The van der Waals surface area contributed by atoms with Gasteiger partial charge < -0.3 is 10.8 Å². The van der Waals surface area contributed by atoms with Crippen molar-refractivity contribution in [1.82, 2.24) is 0 Å². The van der Waals surface area contributed by atoms with Crippen molar-refractivity contribution in [3.8, 4) is 0 Å². The average molecular weight is 153 g/mol. The van der Waals surface area contributed by atoms with Gasteiger partial charge in [0.1, 0.15) is 0 Å². The predicted octanol–water partition coefficient (Wildman–Crippen LogP) is 0.973. The van der Waals surface area contributed by atoms with Crippen molar-refractivity contribution in [3.05, 3.63) is 23.8 Å². The molecule has 3 N–H and O–H groups in total. The van der Waals surface area contributed by atoms with Gasteiger partial charge in [-0.2, -0.15) is 0 Å². The molecule has 0 fully saturated rings. The number of hydrogen-bond donors (Lipinski definition) is 2. The first-order chi connectivity index (χ1) is 5.33. The Bertz CT molecular complexity index is 172. The summed E-state index contributed by atoms with van der Waals surface area (Å²) in [7, 11) is 0. The van der Waals surface area contributed by atoms with Gasteiger partial charge in [0.15, 0.2) is 0 Å². The molecule has 1 aliphatic carbocycles. The standard InChI is InChI=1S/C9H15NO/c10-9(7-11)6-8-4-2-1-3-5-8/h1-2,4,9,11H,3,5-7,10H2. The molecule has 1 atom stereocenters. The van der Waals surface area contributed by atoms with Gasteiger partial charge in [-0.05, 0) is 19.3 Å². The van der Waals surface area contributed by atoms with Crippen molar-refractivity contribution in [2.45, 2.75) is 25.3 Å². The molecule has 1 rings (SSSR count). The van der Waals surface area contributed by atoms with Gasteiger partial charge in [-0.3, -0.25) is 0 Å². The van der Waals surface area contributed by atoms with E-state index in [2.05, 4.69) is 18.2 Å². The van der Waals surface area contributed by atoms with Crippen LogP contribution in [0.15, 0.2) is 23.8 Å². The fraction of sp³-hybridized carbons (Fsp3) is 0.556. The highest BCUT2D eigenvalue weighted by Crippen LogP contribution is 2.15. The zero-order valence-corrected chi connectivity index (χ0v) is 6.66. The van der Waals surface area contributed by atoms with Crippen LogP contribution in [0, 0.1) is 0 Å². The molecule has 0 spiro atoms.